The van der Waals surface area contributed by atoms with Crippen molar-refractivity contribution in [3.63, 3.8) is 0 Å². The van der Waals surface area contributed by atoms with E-state index in [9.17, 15) is 9.18 Å². The summed E-state index contributed by atoms with van der Waals surface area (Å²) in [6.45, 7) is 3.04. The Balaban J connectivity index is 1.42. The molecule has 4 rings (SSSR count). The van der Waals surface area contributed by atoms with Crippen LogP contribution in [-0.2, 0) is 4.79 Å². The van der Waals surface area contributed by atoms with Crippen LogP contribution in [-0.4, -0.2) is 70.2 Å². The quantitative estimate of drug-likeness (QED) is 0.320. The maximum atomic E-state index is 14.4. The average Bonchev–Trinajstić information content (AvgIpc) is 2.89. The van der Waals surface area contributed by atoms with Gasteiger partial charge in [-0.25, -0.2) is 9.37 Å². The molecule has 2 heterocycles. The number of amides is 1. The van der Waals surface area contributed by atoms with E-state index in [1.54, 1.807) is 53.4 Å². The molecule has 3 aromatic rings. The number of hydrogen-bond donors (Lipinski definition) is 3. The summed E-state index contributed by atoms with van der Waals surface area (Å²) in [5, 5.41) is 14.7. The Morgan fingerprint density at radius 1 is 1.11 bits per heavy atom. The summed E-state index contributed by atoms with van der Waals surface area (Å²) in [5.74, 6) is -0.177. The number of ether oxygens (including phenoxy) is 1. The molecule has 1 saturated heterocycles. The minimum atomic E-state index is -0.636. The number of halogens is 1. The highest BCUT2D eigenvalue weighted by Gasteiger charge is 2.17. The molecule has 1 aliphatic rings. The number of piperazine rings is 1. The van der Waals surface area contributed by atoms with E-state index < -0.39 is 5.82 Å². The highest BCUT2D eigenvalue weighted by molar-refractivity contribution is 6.26. The second-order valence-corrected chi connectivity index (χ2v) is 8.01. The largest absolute Gasteiger partial charge is 0.512 e. The fourth-order valence-corrected chi connectivity index (χ4v) is 3.44. The maximum absolute atomic E-state index is 14.4. The van der Waals surface area contributed by atoms with Gasteiger partial charge in [0.25, 0.3) is 5.91 Å². The number of nitrogens with zero attached hydrogens (tertiary/aromatic N) is 5. The van der Waals surface area contributed by atoms with Crippen LogP contribution in [0, 0.1) is 5.82 Å². The molecule has 1 amide bonds. The van der Waals surface area contributed by atoms with Crippen LogP contribution in [0.4, 0.5) is 33.2 Å². The summed E-state index contributed by atoms with van der Waals surface area (Å²) in [6.07, 6.45) is 4.28. The molecule has 11 heteroatoms. The first kappa shape index (κ1) is 24.6. The molecule has 1 fully saturated rings. The van der Waals surface area contributed by atoms with E-state index in [2.05, 4.69) is 30.5 Å². The molecule has 0 saturated carbocycles. The normalized spacial score (nSPS) is 14.3. The van der Waals surface area contributed by atoms with Gasteiger partial charge in [-0.3, -0.25) is 9.79 Å². The third kappa shape index (κ3) is 6.76. The summed E-state index contributed by atoms with van der Waals surface area (Å²) >= 11 is 0. The molecule has 0 bridgehead atoms. The van der Waals surface area contributed by atoms with Gasteiger partial charge in [0.15, 0.2) is 11.6 Å². The van der Waals surface area contributed by atoms with E-state index in [-0.39, 0.29) is 17.7 Å². The Morgan fingerprint density at radius 2 is 1.86 bits per heavy atom. The van der Waals surface area contributed by atoms with Crippen molar-refractivity contribution in [3.05, 3.63) is 73.1 Å². The van der Waals surface area contributed by atoms with Crippen LogP contribution in [0.3, 0.4) is 0 Å². The van der Waals surface area contributed by atoms with Gasteiger partial charge in [0.1, 0.15) is 18.3 Å². The van der Waals surface area contributed by atoms with Crippen molar-refractivity contribution in [3.8, 4) is 5.75 Å². The number of hydrogen-bond acceptors (Lipinski definition) is 9. The van der Waals surface area contributed by atoms with Gasteiger partial charge in [-0.1, -0.05) is 12.1 Å². The van der Waals surface area contributed by atoms with Crippen molar-refractivity contribution in [1.82, 2.24) is 19.8 Å². The molecule has 36 heavy (non-hydrogen) atoms. The second-order valence-electron chi connectivity index (χ2n) is 8.01. The fourth-order valence-electron chi connectivity index (χ4n) is 3.44. The number of anilines is 4. The lowest BCUT2D eigenvalue weighted by atomic mass is 10.3. The Bertz CT molecular complexity index is 1260. The van der Waals surface area contributed by atoms with Gasteiger partial charge in [-0.2, -0.15) is 4.98 Å². The van der Waals surface area contributed by atoms with Crippen LogP contribution >= 0.6 is 0 Å². The van der Waals surface area contributed by atoms with Gasteiger partial charge in [-0.15, -0.1) is 0 Å². The van der Waals surface area contributed by atoms with Crippen molar-refractivity contribution in [2.24, 2.45) is 4.99 Å². The highest BCUT2D eigenvalue weighted by Crippen LogP contribution is 2.25. The standard InChI is InChI=1S/C25H26FN7O3/c1-32-8-10-33(11-9-32)23(35)17-27-18-4-2-5-19(14-18)30-25-28-16-22(26)24(31-25)29-20-6-3-7-21(15-20)36-13-12-34/h2-7,12-17,34H,8-11H2,1H3,(H2,28,29,30,31). The van der Waals surface area contributed by atoms with E-state index in [1.807, 2.05) is 7.05 Å². The minimum absolute atomic E-state index is 0.0331. The zero-order valence-electron chi connectivity index (χ0n) is 19.6. The predicted octanol–water partition coefficient (Wildman–Crippen LogP) is 3.99. The molecule has 0 atom stereocenters. The van der Waals surface area contributed by atoms with Gasteiger partial charge in [0.05, 0.1) is 18.1 Å². The highest BCUT2D eigenvalue weighted by atomic mass is 19.1. The number of carbonyl (C=O) groups is 1. The molecule has 10 nitrogen and oxygen atoms in total. The zero-order chi connectivity index (χ0) is 25.3. The third-order valence-electron chi connectivity index (χ3n) is 5.35. The van der Waals surface area contributed by atoms with Gasteiger partial charge >= 0.3 is 0 Å². The van der Waals surface area contributed by atoms with E-state index in [1.165, 1.54) is 6.21 Å². The summed E-state index contributed by atoms with van der Waals surface area (Å²) in [6, 6.07) is 13.8. The van der Waals surface area contributed by atoms with Crippen molar-refractivity contribution in [2.45, 2.75) is 0 Å². The summed E-state index contributed by atoms with van der Waals surface area (Å²) < 4.78 is 19.6. The van der Waals surface area contributed by atoms with Crippen molar-refractivity contribution in [1.29, 1.82) is 0 Å². The number of aliphatic hydroxyl groups excluding tert-OH is 1. The molecule has 2 aromatic carbocycles. The first-order valence-electron chi connectivity index (χ1n) is 11.2. The Labute approximate surface area is 207 Å². The van der Waals surface area contributed by atoms with Crippen molar-refractivity contribution >= 4 is 41.0 Å². The number of carbonyl (C=O) groups excluding carboxylic acids is 1. The topological polar surface area (TPSA) is 115 Å². The smallest absolute Gasteiger partial charge is 0.265 e. The molecule has 1 aliphatic heterocycles. The van der Waals surface area contributed by atoms with Crippen LogP contribution in [0.25, 0.3) is 0 Å². The van der Waals surface area contributed by atoms with Crippen LogP contribution < -0.4 is 15.4 Å². The molecular weight excluding hydrogens is 465 g/mol. The summed E-state index contributed by atoms with van der Waals surface area (Å²) in [5.41, 5.74) is 1.74. The number of likely N-dealkylation sites (N-methyl/N-ethyl adjacent to an activating group) is 1. The number of benzene rings is 2. The molecule has 0 radical (unpaired) electrons. The lowest BCUT2D eigenvalue weighted by Crippen LogP contribution is -2.47. The monoisotopic (exact) mass is 491 g/mol. The SMILES string of the molecule is CN1CCN(C(=O)C=Nc2cccc(Nc3ncc(F)c(Nc4cccc(OC=CO)c4)n3)c2)CC1. The van der Waals surface area contributed by atoms with Crippen LogP contribution in [0.15, 0.2) is 72.2 Å². The summed E-state index contributed by atoms with van der Waals surface area (Å²) in [4.78, 5) is 28.9. The van der Waals surface area contributed by atoms with E-state index >= 15 is 0 Å². The first-order chi connectivity index (χ1) is 17.5. The first-order valence-corrected chi connectivity index (χ1v) is 11.2. The van der Waals surface area contributed by atoms with Crippen LogP contribution in [0.1, 0.15) is 0 Å². The molecule has 3 N–H and O–H groups in total. The lowest BCUT2D eigenvalue weighted by Gasteiger charge is -2.31. The number of aromatic nitrogens is 2. The summed E-state index contributed by atoms with van der Waals surface area (Å²) in [7, 11) is 2.03. The molecule has 1 aromatic heterocycles. The van der Waals surface area contributed by atoms with E-state index in [4.69, 9.17) is 9.84 Å². The van der Waals surface area contributed by atoms with Crippen LogP contribution in [0.5, 0.6) is 5.75 Å². The minimum Gasteiger partial charge on any atom is -0.512 e. The Hall–Kier alpha value is -4.51. The zero-order valence-corrected chi connectivity index (χ0v) is 19.6. The third-order valence-corrected chi connectivity index (χ3v) is 5.35. The van der Waals surface area contributed by atoms with Gasteiger partial charge in [0, 0.05) is 43.6 Å². The number of nitrogens with one attached hydrogen (secondary N) is 2. The fraction of sp³-hybridized carbons (Fsp3) is 0.200. The molecule has 0 spiro atoms. The van der Waals surface area contributed by atoms with Crippen LogP contribution in [0.2, 0.25) is 0 Å². The van der Waals surface area contributed by atoms with Gasteiger partial charge < -0.3 is 30.3 Å². The molecule has 0 unspecified atom stereocenters. The van der Waals surface area contributed by atoms with Gasteiger partial charge in [-0.05, 0) is 37.4 Å². The number of rotatable bonds is 8. The Morgan fingerprint density at radius 3 is 2.64 bits per heavy atom. The van der Waals surface area contributed by atoms with Gasteiger partial charge in [0.2, 0.25) is 5.95 Å². The van der Waals surface area contributed by atoms with E-state index in [0.29, 0.717) is 35.9 Å². The molecular formula is C25H26FN7O3. The van der Waals surface area contributed by atoms with Crippen molar-refractivity contribution in [2.75, 3.05) is 43.9 Å². The van der Waals surface area contributed by atoms with Crippen molar-refractivity contribution < 1.29 is 19.0 Å². The Kier molecular flexibility index (Phi) is 8.04. The predicted molar refractivity (Wildman–Crippen MR) is 136 cm³/mol. The average molecular weight is 492 g/mol. The second kappa shape index (κ2) is 11.8. The molecule has 0 aliphatic carbocycles. The maximum Gasteiger partial charge on any atom is 0.265 e. The number of aliphatic imine (C=N–C) groups is 1. The number of aliphatic hydroxyl groups is 1. The lowest BCUT2D eigenvalue weighted by molar-refractivity contribution is -0.125. The molecule has 186 valence electrons. The van der Waals surface area contributed by atoms with E-state index in [0.717, 1.165) is 31.8 Å².